The van der Waals surface area contributed by atoms with Gasteiger partial charge in [0.1, 0.15) is 5.82 Å². The van der Waals surface area contributed by atoms with Gasteiger partial charge in [-0.3, -0.25) is 4.98 Å². The predicted octanol–water partition coefficient (Wildman–Crippen LogP) is 2.85. The molecule has 0 saturated carbocycles. The van der Waals surface area contributed by atoms with Crippen molar-refractivity contribution in [3.63, 3.8) is 0 Å². The summed E-state index contributed by atoms with van der Waals surface area (Å²) >= 11 is 0. The van der Waals surface area contributed by atoms with Crippen molar-refractivity contribution in [3.8, 4) is 0 Å². The molecular weight excluding hydrogens is 248 g/mol. The summed E-state index contributed by atoms with van der Waals surface area (Å²) in [5, 5.41) is 3.39. The number of nitrogens with zero attached hydrogens (tertiary/aromatic N) is 3. The Kier molecular flexibility index (Phi) is 4.63. The Morgan fingerprint density at radius 1 is 1.35 bits per heavy atom. The third-order valence-corrected chi connectivity index (χ3v) is 4.10. The maximum Gasteiger partial charge on any atom is 0.147 e. The molecule has 1 saturated heterocycles. The van der Waals surface area contributed by atoms with Crippen LogP contribution >= 0.6 is 0 Å². The number of aromatic nitrogens is 2. The average Bonchev–Trinajstić information content (AvgIpc) is 2.86. The van der Waals surface area contributed by atoms with E-state index in [1.54, 1.807) is 0 Å². The lowest BCUT2D eigenvalue weighted by Crippen LogP contribution is -2.27. The van der Waals surface area contributed by atoms with E-state index < -0.39 is 0 Å². The van der Waals surface area contributed by atoms with Crippen LogP contribution in [0.15, 0.2) is 12.4 Å². The Morgan fingerprint density at radius 3 is 2.70 bits per heavy atom. The van der Waals surface area contributed by atoms with E-state index in [-0.39, 0.29) is 0 Å². The van der Waals surface area contributed by atoms with Crippen molar-refractivity contribution < 1.29 is 0 Å². The van der Waals surface area contributed by atoms with Gasteiger partial charge in [-0.05, 0) is 17.8 Å². The fraction of sp³-hybridized carbons (Fsp3) is 0.750. The maximum atomic E-state index is 4.74. The molecule has 0 amide bonds. The number of rotatable bonds is 4. The highest BCUT2D eigenvalue weighted by molar-refractivity contribution is 5.38. The average molecular weight is 276 g/mol. The minimum Gasteiger partial charge on any atom is -0.355 e. The molecule has 1 fully saturated rings. The molecule has 1 atom stereocenters. The van der Waals surface area contributed by atoms with Gasteiger partial charge < -0.3 is 10.2 Å². The molecule has 0 bridgehead atoms. The Bertz CT molecular complexity index is 436. The first kappa shape index (κ1) is 15.2. The third kappa shape index (κ3) is 3.92. The van der Waals surface area contributed by atoms with E-state index in [4.69, 9.17) is 4.98 Å². The quantitative estimate of drug-likeness (QED) is 0.918. The second kappa shape index (κ2) is 6.08. The van der Waals surface area contributed by atoms with Crippen LogP contribution in [0.25, 0.3) is 0 Å². The molecular formula is C16H28N4. The maximum absolute atomic E-state index is 4.74. The Labute approximate surface area is 123 Å². The van der Waals surface area contributed by atoms with Gasteiger partial charge in [0.25, 0.3) is 0 Å². The van der Waals surface area contributed by atoms with Crippen LogP contribution < -0.4 is 10.2 Å². The van der Waals surface area contributed by atoms with Crippen LogP contribution in [0.2, 0.25) is 0 Å². The van der Waals surface area contributed by atoms with Crippen molar-refractivity contribution in [2.75, 3.05) is 18.0 Å². The molecule has 1 aliphatic rings. The SMILES string of the molecule is CC(C)NCc1cncc(N2CCC(C(C)(C)C)C2)n1. The molecule has 0 aliphatic carbocycles. The Morgan fingerprint density at radius 2 is 2.10 bits per heavy atom. The standard InChI is InChI=1S/C16H28N4/c1-12(2)18-9-14-8-17-10-15(19-14)20-7-6-13(11-20)16(3,4)5/h8,10,12-13,18H,6-7,9,11H2,1-5H3. The normalized spacial score (nSPS) is 19.9. The van der Waals surface area contributed by atoms with Gasteiger partial charge >= 0.3 is 0 Å². The van der Waals surface area contributed by atoms with Gasteiger partial charge in [0.2, 0.25) is 0 Å². The first-order valence-electron chi connectivity index (χ1n) is 7.65. The summed E-state index contributed by atoms with van der Waals surface area (Å²) in [6, 6.07) is 0.470. The minimum atomic E-state index is 0.374. The van der Waals surface area contributed by atoms with E-state index in [0.717, 1.165) is 37.1 Å². The van der Waals surface area contributed by atoms with Crippen molar-refractivity contribution in [1.82, 2.24) is 15.3 Å². The van der Waals surface area contributed by atoms with Crippen molar-refractivity contribution in [1.29, 1.82) is 0 Å². The largest absolute Gasteiger partial charge is 0.355 e. The van der Waals surface area contributed by atoms with Crippen molar-refractivity contribution >= 4 is 5.82 Å². The van der Waals surface area contributed by atoms with Gasteiger partial charge in [0.05, 0.1) is 11.9 Å². The molecule has 4 heteroatoms. The summed E-state index contributed by atoms with van der Waals surface area (Å²) in [6.45, 7) is 14.3. The smallest absolute Gasteiger partial charge is 0.147 e. The van der Waals surface area contributed by atoms with Crippen LogP contribution in [0.5, 0.6) is 0 Å². The van der Waals surface area contributed by atoms with Crippen LogP contribution in [-0.4, -0.2) is 29.1 Å². The highest BCUT2D eigenvalue weighted by Gasteiger charge is 2.32. The second-order valence-corrected chi connectivity index (χ2v) is 7.20. The lowest BCUT2D eigenvalue weighted by Gasteiger charge is -2.27. The van der Waals surface area contributed by atoms with Crippen LogP contribution in [0.3, 0.4) is 0 Å². The molecule has 4 nitrogen and oxygen atoms in total. The highest BCUT2D eigenvalue weighted by atomic mass is 15.2. The Hall–Kier alpha value is -1.16. The number of nitrogens with one attached hydrogen (secondary N) is 1. The molecule has 20 heavy (non-hydrogen) atoms. The summed E-state index contributed by atoms with van der Waals surface area (Å²) in [7, 11) is 0. The van der Waals surface area contributed by atoms with Gasteiger partial charge in [-0.25, -0.2) is 4.98 Å². The minimum absolute atomic E-state index is 0.374. The van der Waals surface area contributed by atoms with Crippen molar-refractivity contribution in [2.45, 2.75) is 53.6 Å². The molecule has 1 unspecified atom stereocenters. The zero-order valence-corrected chi connectivity index (χ0v) is 13.5. The van der Waals surface area contributed by atoms with Crippen LogP contribution in [0.1, 0.15) is 46.7 Å². The van der Waals surface area contributed by atoms with Gasteiger partial charge in [0.15, 0.2) is 0 Å². The van der Waals surface area contributed by atoms with Gasteiger partial charge in [-0.2, -0.15) is 0 Å². The molecule has 1 aliphatic heterocycles. The molecule has 1 N–H and O–H groups in total. The van der Waals surface area contributed by atoms with E-state index in [1.165, 1.54) is 6.42 Å². The second-order valence-electron chi connectivity index (χ2n) is 7.20. The number of anilines is 1. The molecule has 0 radical (unpaired) electrons. The molecule has 0 spiro atoms. The zero-order valence-electron chi connectivity index (χ0n) is 13.5. The first-order valence-corrected chi connectivity index (χ1v) is 7.65. The van der Waals surface area contributed by atoms with Crippen LogP contribution in [0, 0.1) is 11.3 Å². The predicted molar refractivity (Wildman–Crippen MR) is 83.8 cm³/mol. The molecule has 1 aromatic rings. The zero-order chi connectivity index (χ0) is 14.8. The summed E-state index contributed by atoms with van der Waals surface area (Å²) in [5.41, 5.74) is 1.40. The van der Waals surface area contributed by atoms with Crippen LogP contribution in [-0.2, 0) is 6.54 Å². The Balaban J connectivity index is 2.01. The number of hydrogen-bond acceptors (Lipinski definition) is 4. The molecule has 2 heterocycles. The fourth-order valence-corrected chi connectivity index (χ4v) is 2.62. The van der Waals surface area contributed by atoms with Gasteiger partial charge in [0, 0.05) is 31.9 Å². The monoisotopic (exact) mass is 276 g/mol. The summed E-state index contributed by atoms with van der Waals surface area (Å²) in [4.78, 5) is 11.5. The number of hydrogen-bond donors (Lipinski definition) is 1. The molecule has 0 aromatic carbocycles. The first-order chi connectivity index (χ1) is 9.36. The van der Waals surface area contributed by atoms with E-state index in [0.29, 0.717) is 11.5 Å². The lowest BCUT2D eigenvalue weighted by molar-refractivity contribution is 0.263. The van der Waals surface area contributed by atoms with Gasteiger partial charge in [-0.1, -0.05) is 34.6 Å². The topological polar surface area (TPSA) is 41.1 Å². The lowest BCUT2D eigenvalue weighted by atomic mass is 9.80. The molecule has 1 aromatic heterocycles. The summed E-state index contributed by atoms with van der Waals surface area (Å²) in [5.74, 6) is 1.77. The fourth-order valence-electron chi connectivity index (χ4n) is 2.62. The van der Waals surface area contributed by atoms with E-state index in [9.17, 15) is 0 Å². The summed E-state index contributed by atoms with van der Waals surface area (Å²) < 4.78 is 0. The van der Waals surface area contributed by atoms with Gasteiger partial charge in [-0.15, -0.1) is 0 Å². The van der Waals surface area contributed by atoms with Crippen LogP contribution in [0.4, 0.5) is 5.82 Å². The third-order valence-electron chi connectivity index (χ3n) is 4.10. The molecule has 2 rings (SSSR count). The summed E-state index contributed by atoms with van der Waals surface area (Å²) in [6.07, 6.45) is 5.00. The van der Waals surface area contributed by atoms with Crippen molar-refractivity contribution in [3.05, 3.63) is 18.1 Å². The molecule has 112 valence electrons. The van der Waals surface area contributed by atoms with Crippen molar-refractivity contribution in [2.24, 2.45) is 11.3 Å². The van der Waals surface area contributed by atoms with E-state index in [1.807, 2.05) is 12.4 Å². The highest BCUT2D eigenvalue weighted by Crippen LogP contribution is 2.34. The van der Waals surface area contributed by atoms with E-state index >= 15 is 0 Å². The van der Waals surface area contributed by atoms with E-state index in [2.05, 4.69) is 49.8 Å².